The highest BCUT2D eigenvalue weighted by Crippen LogP contribution is 2.42. The Morgan fingerprint density at radius 3 is 2.52 bits per heavy atom. The van der Waals surface area contributed by atoms with Crippen LogP contribution in [-0.2, 0) is 9.53 Å². The van der Waals surface area contributed by atoms with Crippen molar-refractivity contribution in [2.24, 2.45) is 4.99 Å². The number of fused-ring (bicyclic) bond motifs is 3. The molecule has 2 aromatic carbocycles. The molecule has 4 rings (SSSR count). The molecule has 0 aliphatic carbocycles. The summed E-state index contributed by atoms with van der Waals surface area (Å²) in [7, 11) is 1.64. The van der Waals surface area contributed by atoms with Crippen molar-refractivity contribution in [3.8, 4) is 16.9 Å². The van der Waals surface area contributed by atoms with E-state index < -0.39 is 11.6 Å². The molecule has 160 valence electrons. The zero-order valence-electron chi connectivity index (χ0n) is 18.4. The van der Waals surface area contributed by atoms with Crippen LogP contribution in [0, 0.1) is 6.92 Å². The summed E-state index contributed by atoms with van der Waals surface area (Å²) in [5.74, 6) is 0.960. The first-order valence-corrected chi connectivity index (χ1v) is 10.3. The number of ether oxygens (including phenoxy) is 2. The predicted molar refractivity (Wildman–Crippen MR) is 119 cm³/mol. The summed E-state index contributed by atoms with van der Waals surface area (Å²) < 4.78 is 16.8. The first-order valence-electron chi connectivity index (χ1n) is 10.3. The quantitative estimate of drug-likeness (QED) is 0.539. The van der Waals surface area contributed by atoms with Gasteiger partial charge in [-0.05, 0) is 51.5 Å². The fourth-order valence-electron chi connectivity index (χ4n) is 3.80. The second-order valence-corrected chi connectivity index (χ2v) is 8.57. The van der Waals surface area contributed by atoms with Gasteiger partial charge in [-0.2, -0.15) is 0 Å². The molecule has 3 aromatic rings. The molecule has 6 nitrogen and oxygen atoms in total. The monoisotopic (exact) mass is 418 g/mol. The molecule has 1 aliphatic rings. The minimum Gasteiger partial charge on any atom is -0.497 e. The van der Waals surface area contributed by atoms with E-state index in [9.17, 15) is 4.79 Å². The van der Waals surface area contributed by atoms with Gasteiger partial charge >= 0.3 is 5.97 Å². The number of hydrogen-bond acceptors (Lipinski definition) is 6. The molecule has 0 fully saturated rings. The lowest BCUT2D eigenvalue weighted by atomic mass is 9.92. The van der Waals surface area contributed by atoms with Gasteiger partial charge in [0.25, 0.3) is 0 Å². The SMILES string of the molecule is COc1ccc2c(c1)C(c1ccccc1)=N[C@@H](CC(=O)OC(C)(C)C)c1onc(C)c1-2. The van der Waals surface area contributed by atoms with Crippen molar-refractivity contribution >= 4 is 11.7 Å². The van der Waals surface area contributed by atoms with Crippen LogP contribution in [0.15, 0.2) is 58.0 Å². The minimum absolute atomic E-state index is 0.0559. The van der Waals surface area contributed by atoms with Crippen LogP contribution < -0.4 is 4.74 Å². The first kappa shape index (κ1) is 20.8. The van der Waals surface area contributed by atoms with Crippen LogP contribution in [0.5, 0.6) is 5.75 Å². The molecule has 0 saturated heterocycles. The number of aromatic nitrogens is 1. The maximum atomic E-state index is 12.7. The highest BCUT2D eigenvalue weighted by molar-refractivity contribution is 6.17. The number of nitrogens with zero attached hydrogens (tertiary/aromatic N) is 2. The summed E-state index contributed by atoms with van der Waals surface area (Å²) >= 11 is 0. The van der Waals surface area contributed by atoms with E-state index in [0.29, 0.717) is 5.76 Å². The van der Waals surface area contributed by atoms with Gasteiger partial charge in [0.1, 0.15) is 17.4 Å². The molecule has 0 unspecified atom stereocenters. The van der Waals surface area contributed by atoms with E-state index in [1.54, 1.807) is 7.11 Å². The van der Waals surface area contributed by atoms with Crippen molar-refractivity contribution in [2.75, 3.05) is 7.11 Å². The Morgan fingerprint density at radius 2 is 1.84 bits per heavy atom. The molecule has 1 aromatic heterocycles. The largest absolute Gasteiger partial charge is 0.497 e. The molecule has 31 heavy (non-hydrogen) atoms. The molecule has 2 heterocycles. The Balaban J connectivity index is 1.91. The maximum absolute atomic E-state index is 12.7. The number of hydrogen-bond donors (Lipinski definition) is 0. The van der Waals surface area contributed by atoms with Gasteiger partial charge in [-0.15, -0.1) is 0 Å². The first-order chi connectivity index (χ1) is 14.8. The zero-order valence-corrected chi connectivity index (χ0v) is 18.4. The zero-order chi connectivity index (χ0) is 22.2. The smallest absolute Gasteiger partial charge is 0.308 e. The second kappa shape index (κ2) is 8.02. The van der Waals surface area contributed by atoms with Gasteiger partial charge in [0.05, 0.1) is 30.5 Å². The molecule has 0 N–H and O–H groups in total. The molecule has 6 heteroatoms. The Kier molecular flexibility index (Phi) is 5.39. The predicted octanol–water partition coefficient (Wildman–Crippen LogP) is 5.28. The van der Waals surface area contributed by atoms with Gasteiger partial charge in [-0.25, -0.2) is 0 Å². The lowest BCUT2D eigenvalue weighted by Gasteiger charge is -2.20. The maximum Gasteiger partial charge on any atom is 0.308 e. The van der Waals surface area contributed by atoms with Gasteiger partial charge in [0.15, 0.2) is 5.76 Å². The normalized spacial score (nSPS) is 15.4. The van der Waals surface area contributed by atoms with Crippen LogP contribution in [0.1, 0.15) is 55.8 Å². The van der Waals surface area contributed by atoms with Crippen molar-refractivity contribution in [1.82, 2.24) is 5.16 Å². The van der Waals surface area contributed by atoms with E-state index in [4.69, 9.17) is 19.0 Å². The van der Waals surface area contributed by atoms with E-state index in [1.807, 2.05) is 76.2 Å². The van der Waals surface area contributed by atoms with Crippen molar-refractivity contribution in [2.45, 2.75) is 45.8 Å². The Labute approximate surface area is 181 Å². The molecule has 1 aliphatic heterocycles. The number of carbonyl (C=O) groups is 1. The van der Waals surface area contributed by atoms with Crippen LogP contribution in [0.4, 0.5) is 0 Å². The lowest BCUT2D eigenvalue weighted by Crippen LogP contribution is -2.24. The number of methoxy groups -OCH3 is 1. The van der Waals surface area contributed by atoms with Crippen molar-refractivity contribution in [3.63, 3.8) is 0 Å². The third-order valence-corrected chi connectivity index (χ3v) is 5.06. The van der Waals surface area contributed by atoms with Crippen LogP contribution >= 0.6 is 0 Å². The molecule has 0 spiro atoms. The van der Waals surface area contributed by atoms with Gasteiger partial charge in [-0.1, -0.05) is 35.5 Å². The minimum atomic E-state index is -0.579. The number of rotatable bonds is 4. The van der Waals surface area contributed by atoms with Gasteiger partial charge in [0, 0.05) is 11.1 Å². The van der Waals surface area contributed by atoms with Gasteiger partial charge < -0.3 is 14.0 Å². The third kappa shape index (κ3) is 4.24. The number of aryl methyl sites for hydroxylation is 1. The summed E-state index contributed by atoms with van der Waals surface area (Å²) in [6, 6.07) is 15.2. The third-order valence-electron chi connectivity index (χ3n) is 5.06. The average Bonchev–Trinajstić information content (AvgIpc) is 3.04. The van der Waals surface area contributed by atoms with Gasteiger partial charge in [-0.3, -0.25) is 9.79 Å². The van der Waals surface area contributed by atoms with Crippen molar-refractivity contribution in [3.05, 3.63) is 71.1 Å². The number of benzene rings is 2. The molecular formula is C25H26N2O4. The fourth-order valence-corrected chi connectivity index (χ4v) is 3.80. The van der Waals surface area contributed by atoms with Crippen molar-refractivity contribution in [1.29, 1.82) is 0 Å². The summed E-state index contributed by atoms with van der Waals surface area (Å²) in [5, 5.41) is 4.18. The summed E-state index contributed by atoms with van der Waals surface area (Å²) in [6.45, 7) is 7.45. The fraction of sp³-hybridized carbons (Fsp3) is 0.320. The van der Waals surface area contributed by atoms with E-state index in [-0.39, 0.29) is 12.4 Å². The molecule has 0 amide bonds. The molecule has 0 radical (unpaired) electrons. The van der Waals surface area contributed by atoms with E-state index >= 15 is 0 Å². The van der Waals surface area contributed by atoms with E-state index in [1.165, 1.54) is 0 Å². The molecule has 1 atom stereocenters. The Hall–Kier alpha value is -3.41. The number of aliphatic imine (C=N–C) groups is 1. The summed E-state index contributed by atoms with van der Waals surface area (Å²) in [4.78, 5) is 17.7. The standard InChI is InChI=1S/C25H26N2O4/c1-15-22-18-12-11-17(29-5)13-19(18)23(16-9-7-6-8-10-16)26-20(24(22)31-27-15)14-21(28)30-25(2,3)4/h6-13,20H,14H2,1-5H3/t20-/m0/s1. The van der Waals surface area contributed by atoms with Crippen molar-refractivity contribution < 1.29 is 18.8 Å². The van der Waals surface area contributed by atoms with Crippen LogP contribution in [0.25, 0.3) is 11.1 Å². The summed E-state index contributed by atoms with van der Waals surface area (Å²) in [6.07, 6.45) is 0.0559. The van der Waals surface area contributed by atoms with Crippen LogP contribution in [-0.4, -0.2) is 29.5 Å². The number of carbonyl (C=O) groups excluding carboxylic acids is 1. The average molecular weight is 418 g/mol. The Bertz CT molecular complexity index is 1140. The topological polar surface area (TPSA) is 73.9 Å². The Morgan fingerprint density at radius 1 is 1.10 bits per heavy atom. The lowest BCUT2D eigenvalue weighted by molar-refractivity contribution is -0.155. The summed E-state index contributed by atoms with van der Waals surface area (Å²) in [5.41, 5.74) is 4.61. The molecular weight excluding hydrogens is 392 g/mol. The van der Waals surface area contributed by atoms with Gasteiger partial charge in [0.2, 0.25) is 0 Å². The second-order valence-electron chi connectivity index (χ2n) is 8.57. The highest BCUT2D eigenvalue weighted by atomic mass is 16.6. The number of esters is 1. The van der Waals surface area contributed by atoms with Crippen LogP contribution in [0.2, 0.25) is 0 Å². The molecule has 0 saturated carbocycles. The van der Waals surface area contributed by atoms with E-state index in [0.717, 1.165) is 39.4 Å². The highest BCUT2D eigenvalue weighted by Gasteiger charge is 2.33. The molecule has 0 bridgehead atoms. The van der Waals surface area contributed by atoms with Crippen LogP contribution in [0.3, 0.4) is 0 Å². The van der Waals surface area contributed by atoms with E-state index in [2.05, 4.69) is 5.16 Å².